The molecule has 0 radical (unpaired) electrons. The molecule has 1 N–H and O–H groups in total. The van der Waals surface area contributed by atoms with Crippen LogP contribution in [0.25, 0.3) is 0 Å². The summed E-state index contributed by atoms with van der Waals surface area (Å²) in [5, 5.41) is 12.6. The summed E-state index contributed by atoms with van der Waals surface area (Å²) in [6.07, 6.45) is 5.61. The number of fused-ring (bicyclic) bond motifs is 1. The zero-order chi connectivity index (χ0) is 18.8. The first kappa shape index (κ1) is 17.5. The number of imidazole rings is 1. The first-order valence-corrected chi connectivity index (χ1v) is 9.18. The number of ether oxygens (including phenoxy) is 1. The summed E-state index contributed by atoms with van der Waals surface area (Å²) in [5.74, 6) is 0.660. The lowest BCUT2D eigenvalue weighted by Crippen LogP contribution is -2.45. The van der Waals surface area contributed by atoms with Gasteiger partial charge in [0.15, 0.2) is 0 Å². The summed E-state index contributed by atoms with van der Waals surface area (Å²) in [4.78, 5) is 23.3. The van der Waals surface area contributed by atoms with Gasteiger partial charge in [-0.25, -0.2) is 9.97 Å². The van der Waals surface area contributed by atoms with Crippen LogP contribution in [0.2, 0.25) is 0 Å². The molecule has 0 saturated carbocycles. The van der Waals surface area contributed by atoms with Gasteiger partial charge in [-0.15, -0.1) is 0 Å². The first-order chi connectivity index (χ1) is 13.2. The minimum atomic E-state index is -0.0990. The van der Waals surface area contributed by atoms with Gasteiger partial charge in [-0.05, 0) is 18.9 Å². The molecule has 1 fully saturated rings. The van der Waals surface area contributed by atoms with Gasteiger partial charge < -0.3 is 19.5 Å². The van der Waals surface area contributed by atoms with Crippen LogP contribution < -0.4 is 10.2 Å². The van der Waals surface area contributed by atoms with Crippen LogP contribution in [-0.2, 0) is 24.8 Å². The lowest BCUT2D eigenvalue weighted by Gasteiger charge is -2.34. The lowest BCUT2D eigenvalue weighted by molar-refractivity contribution is 0.0923. The average molecular weight is 366 g/mol. The second kappa shape index (κ2) is 7.37. The smallest absolute Gasteiger partial charge is 0.269 e. The number of amides is 1. The predicted octanol–water partition coefficient (Wildman–Crippen LogP) is 1.16. The van der Waals surface area contributed by atoms with E-state index < -0.39 is 0 Å². The largest absolute Gasteiger partial charge is 0.376 e. The molecule has 2 aliphatic heterocycles. The molecule has 27 heavy (non-hydrogen) atoms. The van der Waals surface area contributed by atoms with Gasteiger partial charge in [0.05, 0.1) is 37.0 Å². The summed E-state index contributed by atoms with van der Waals surface area (Å²) in [5.41, 5.74) is 3.20. The molecule has 2 aromatic rings. The van der Waals surface area contributed by atoms with Gasteiger partial charge in [0.1, 0.15) is 17.6 Å². The highest BCUT2D eigenvalue weighted by Gasteiger charge is 2.25. The Kier molecular flexibility index (Phi) is 4.77. The number of rotatable bonds is 3. The molecule has 8 nitrogen and oxygen atoms in total. The van der Waals surface area contributed by atoms with Crippen molar-refractivity contribution in [2.75, 3.05) is 24.6 Å². The molecular weight excluding hydrogens is 344 g/mol. The highest BCUT2D eigenvalue weighted by atomic mass is 16.5. The summed E-state index contributed by atoms with van der Waals surface area (Å²) in [6.45, 7) is 2.72. The highest BCUT2D eigenvalue weighted by molar-refractivity contribution is 5.92. The van der Waals surface area contributed by atoms with E-state index in [0.29, 0.717) is 24.5 Å². The molecule has 4 rings (SSSR count). The van der Waals surface area contributed by atoms with Crippen LogP contribution in [0.1, 0.15) is 40.2 Å². The summed E-state index contributed by atoms with van der Waals surface area (Å²) < 4.78 is 7.17. The van der Waals surface area contributed by atoms with E-state index in [9.17, 15) is 10.1 Å². The fourth-order valence-electron chi connectivity index (χ4n) is 3.67. The fourth-order valence-corrected chi connectivity index (χ4v) is 3.67. The number of aromatic nitrogens is 3. The first-order valence-electron chi connectivity index (χ1n) is 9.18. The molecule has 140 valence electrons. The number of hydrogen-bond donors (Lipinski definition) is 1. The second-order valence-electron chi connectivity index (χ2n) is 7.00. The Morgan fingerprint density at radius 3 is 2.93 bits per heavy atom. The Balaban J connectivity index is 1.43. The third-order valence-electron chi connectivity index (χ3n) is 5.21. The van der Waals surface area contributed by atoms with Crippen molar-refractivity contribution < 1.29 is 9.53 Å². The normalized spacial score (nSPS) is 17.3. The van der Waals surface area contributed by atoms with Crippen LogP contribution in [0.15, 0.2) is 18.6 Å². The number of hydrogen-bond acceptors (Lipinski definition) is 6. The number of nitriles is 1. The number of pyridine rings is 1. The monoisotopic (exact) mass is 366 g/mol. The molecule has 0 atom stereocenters. The Bertz CT molecular complexity index is 892. The van der Waals surface area contributed by atoms with Crippen molar-refractivity contribution in [3.63, 3.8) is 0 Å². The maximum atomic E-state index is 12.4. The van der Waals surface area contributed by atoms with Crippen LogP contribution in [0.3, 0.4) is 0 Å². The minimum Gasteiger partial charge on any atom is -0.376 e. The van der Waals surface area contributed by atoms with Crippen LogP contribution >= 0.6 is 0 Å². The van der Waals surface area contributed by atoms with E-state index in [-0.39, 0.29) is 11.9 Å². The summed E-state index contributed by atoms with van der Waals surface area (Å²) in [6, 6.07) is 4.29. The van der Waals surface area contributed by atoms with Crippen molar-refractivity contribution in [2.45, 2.75) is 31.9 Å². The zero-order valence-electron chi connectivity index (χ0n) is 15.3. The molecule has 0 spiro atoms. The molecule has 2 aromatic heterocycles. The number of aryl methyl sites for hydroxylation is 1. The third kappa shape index (κ3) is 3.51. The van der Waals surface area contributed by atoms with E-state index in [1.165, 1.54) is 0 Å². The fraction of sp³-hybridized carbons (Fsp3) is 0.474. The maximum Gasteiger partial charge on any atom is 0.269 e. The van der Waals surface area contributed by atoms with E-state index in [4.69, 9.17) is 9.72 Å². The van der Waals surface area contributed by atoms with Crippen LogP contribution in [0.4, 0.5) is 5.82 Å². The molecule has 0 aromatic carbocycles. The Morgan fingerprint density at radius 2 is 2.22 bits per heavy atom. The SMILES string of the molecule is Cn1cncc1C(=O)NC1CCN(c2nc3c(cc2C#N)COCC3)CC1. The average Bonchev–Trinajstić information content (AvgIpc) is 3.13. The van der Waals surface area contributed by atoms with Crippen molar-refractivity contribution in [3.8, 4) is 6.07 Å². The Hall–Kier alpha value is -2.92. The standard InChI is InChI=1S/C19H22N6O2/c1-24-12-21-10-17(24)19(26)22-15-2-5-25(6-3-15)18-13(9-20)8-14-11-27-7-4-16(14)23-18/h8,10,12,15H,2-7,11H2,1H3,(H,22,26). The molecule has 0 aliphatic carbocycles. The Morgan fingerprint density at radius 1 is 1.41 bits per heavy atom. The molecule has 0 unspecified atom stereocenters. The molecule has 0 bridgehead atoms. The highest BCUT2D eigenvalue weighted by Crippen LogP contribution is 2.26. The topological polar surface area (TPSA) is 96.1 Å². The lowest BCUT2D eigenvalue weighted by atomic mass is 10.0. The number of piperidine rings is 1. The quantitative estimate of drug-likeness (QED) is 0.876. The van der Waals surface area contributed by atoms with Gasteiger partial charge in [0, 0.05) is 38.2 Å². The zero-order valence-corrected chi connectivity index (χ0v) is 15.3. The third-order valence-corrected chi connectivity index (χ3v) is 5.21. The second-order valence-corrected chi connectivity index (χ2v) is 7.00. The van der Waals surface area contributed by atoms with Crippen molar-refractivity contribution in [1.29, 1.82) is 5.26 Å². The van der Waals surface area contributed by atoms with Gasteiger partial charge in [-0.3, -0.25) is 4.79 Å². The predicted molar refractivity (Wildman–Crippen MR) is 98.2 cm³/mol. The number of anilines is 1. The van der Waals surface area contributed by atoms with Crippen LogP contribution in [0.5, 0.6) is 0 Å². The number of carbonyl (C=O) groups is 1. The minimum absolute atomic E-state index is 0.0990. The van der Waals surface area contributed by atoms with Crippen molar-refractivity contribution in [1.82, 2.24) is 19.9 Å². The Labute approximate surface area is 157 Å². The van der Waals surface area contributed by atoms with Gasteiger partial charge in [0.25, 0.3) is 5.91 Å². The summed E-state index contributed by atoms with van der Waals surface area (Å²) in [7, 11) is 1.81. The van der Waals surface area contributed by atoms with Crippen molar-refractivity contribution >= 4 is 11.7 Å². The van der Waals surface area contributed by atoms with E-state index in [1.54, 1.807) is 24.1 Å². The molecular formula is C19H22N6O2. The van der Waals surface area contributed by atoms with E-state index in [1.807, 2.05) is 6.07 Å². The molecule has 4 heterocycles. The van der Waals surface area contributed by atoms with E-state index in [0.717, 1.165) is 49.4 Å². The van der Waals surface area contributed by atoms with Gasteiger partial charge in [-0.1, -0.05) is 0 Å². The van der Waals surface area contributed by atoms with Gasteiger partial charge in [0.2, 0.25) is 0 Å². The molecule has 1 amide bonds. The molecule has 2 aliphatic rings. The number of nitrogens with one attached hydrogen (secondary N) is 1. The van der Waals surface area contributed by atoms with Gasteiger partial charge in [-0.2, -0.15) is 5.26 Å². The number of nitrogens with zero attached hydrogens (tertiary/aromatic N) is 5. The van der Waals surface area contributed by atoms with E-state index >= 15 is 0 Å². The molecule has 8 heteroatoms. The summed E-state index contributed by atoms with van der Waals surface area (Å²) >= 11 is 0. The van der Waals surface area contributed by atoms with E-state index in [2.05, 4.69) is 21.3 Å². The van der Waals surface area contributed by atoms with Gasteiger partial charge >= 0.3 is 0 Å². The maximum absolute atomic E-state index is 12.4. The van der Waals surface area contributed by atoms with Crippen LogP contribution in [-0.4, -0.2) is 46.2 Å². The molecule has 1 saturated heterocycles. The number of carbonyl (C=O) groups excluding carboxylic acids is 1. The van der Waals surface area contributed by atoms with Crippen LogP contribution in [0, 0.1) is 11.3 Å². The van der Waals surface area contributed by atoms with Crippen molar-refractivity contribution in [3.05, 3.63) is 41.1 Å². The van der Waals surface area contributed by atoms with Crippen molar-refractivity contribution in [2.24, 2.45) is 7.05 Å².